The van der Waals surface area contributed by atoms with Crippen LogP contribution in [-0.4, -0.2) is 13.6 Å². The summed E-state index contributed by atoms with van der Waals surface area (Å²) in [6.45, 7) is 6.51. The fraction of sp³-hybridized carbons (Fsp3) is 0.125. The van der Waals surface area contributed by atoms with Gasteiger partial charge in [0.1, 0.15) is 0 Å². The molecule has 0 N–H and O–H groups in total. The van der Waals surface area contributed by atoms with Gasteiger partial charge in [-0.1, -0.05) is 158 Å². The molecule has 0 aromatic heterocycles. The summed E-state index contributed by atoms with van der Waals surface area (Å²) in [5.74, 6) is 9.46. The van der Waals surface area contributed by atoms with Gasteiger partial charge in [0.25, 0.3) is 0 Å². The van der Waals surface area contributed by atoms with Crippen LogP contribution in [0.4, 0.5) is 0 Å². The molecular weight excluding hydrogens is 874 g/mol. The zero-order chi connectivity index (χ0) is 36.9. The molecule has 0 saturated heterocycles. The van der Waals surface area contributed by atoms with Crippen molar-refractivity contribution < 1.29 is 38.4 Å². The molecule has 9 heteroatoms. The number of hydrogen-bond acceptors (Lipinski definition) is 4. The van der Waals surface area contributed by atoms with Gasteiger partial charge in [-0.15, -0.1) is 24.8 Å². The minimum Gasteiger partial charge on any atom is -0.454 e. The van der Waals surface area contributed by atoms with Gasteiger partial charge in [0.15, 0.2) is 23.0 Å². The van der Waals surface area contributed by atoms with Gasteiger partial charge in [-0.05, 0) is 84.8 Å². The summed E-state index contributed by atoms with van der Waals surface area (Å²) in [7, 11) is -1.94. The first-order valence-corrected chi connectivity index (χ1v) is 20.7. The first kappa shape index (κ1) is 43.6. The van der Waals surface area contributed by atoms with Gasteiger partial charge in [-0.3, -0.25) is 0 Å². The topological polar surface area (TPSA) is 36.9 Å². The maximum atomic E-state index is 6.35. The van der Waals surface area contributed by atoms with E-state index in [1.165, 1.54) is 31.8 Å². The van der Waals surface area contributed by atoms with Gasteiger partial charge < -0.3 is 18.9 Å². The molecule has 2 heterocycles. The number of rotatable bonds is 8. The van der Waals surface area contributed by atoms with E-state index in [1.807, 2.05) is 6.92 Å². The van der Waals surface area contributed by atoms with Gasteiger partial charge >= 0.3 is 0 Å². The molecule has 0 saturated carbocycles. The molecule has 0 unspecified atom stereocenters. The average molecular weight is 915 g/mol. The van der Waals surface area contributed by atoms with E-state index in [9.17, 15) is 0 Å². The van der Waals surface area contributed by atoms with Crippen molar-refractivity contribution in [3.63, 3.8) is 0 Å². The monoisotopic (exact) mass is 914 g/mol. The molecule has 0 fully saturated rings. The second-order valence-corrected chi connectivity index (χ2v) is 17.5. The van der Waals surface area contributed by atoms with Crippen molar-refractivity contribution in [1.82, 2.24) is 0 Å². The van der Waals surface area contributed by atoms with E-state index in [4.69, 9.17) is 18.9 Å². The van der Waals surface area contributed by atoms with Crippen molar-refractivity contribution in [1.29, 1.82) is 0 Å². The zero-order valence-corrected chi connectivity index (χ0v) is 36.7. The number of fused-ring (bicyclic) bond motifs is 2. The molecule has 9 rings (SSSR count). The first-order chi connectivity index (χ1) is 26.6. The fourth-order valence-corrected chi connectivity index (χ4v) is 11.5. The SMILES string of the molecule is CC1=C=C=C(C(C)C)C#C1.Cl.Cl.[Ru].c1ccc(P(c2ccccc2)c2ccc3c(c2-c2c(P(c4ccccc4)c4ccccc4)ccc4c2OCO4)OCO3)cc1. The summed E-state index contributed by atoms with van der Waals surface area (Å²) in [6, 6.07) is 51.6. The van der Waals surface area contributed by atoms with Gasteiger partial charge in [0, 0.05) is 36.2 Å². The molecule has 57 heavy (non-hydrogen) atoms. The Labute approximate surface area is 363 Å². The van der Waals surface area contributed by atoms with Crippen molar-refractivity contribution in [2.75, 3.05) is 13.6 Å². The molecule has 0 radical (unpaired) electrons. The minimum atomic E-state index is -0.968. The van der Waals surface area contributed by atoms with Crippen LogP contribution in [0.3, 0.4) is 0 Å². The van der Waals surface area contributed by atoms with Crippen molar-refractivity contribution >= 4 is 72.5 Å². The third-order valence-electron chi connectivity index (χ3n) is 9.17. The smallest absolute Gasteiger partial charge is 0.231 e. The second kappa shape index (κ2) is 20.2. The van der Waals surface area contributed by atoms with Gasteiger partial charge in [0.2, 0.25) is 13.6 Å². The Bertz CT molecular complexity index is 2250. The van der Waals surface area contributed by atoms with Crippen molar-refractivity contribution in [2.45, 2.75) is 20.8 Å². The average Bonchev–Trinajstić information content (AvgIpc) is 3.91. The normalized spacial score (nSPS) is 12.5. The van der Waals surface area contributed by atoms with Gasteiger partial charge in [-0.2, -0.15) is 0 Å². The fourth-order valence-electron chi connectivity index (χ4n) is 6.62. The molecule has 6 aromatic rings. The summed E-state index contributed by atoms with van der Waals surface area (Å²) in [6.07, 6.45) is 0. The Morgan fingerprint density at radius 2 is 0.842 bits per heavy atom. The second-order valence-electron chi connectivity index (χ2n) is 13.1. The van der Waals surface area contributed by atoms with Crippen molar-refractivity contribution in [3.8, 4) is 46.0 Å². The molecule has 0 bridgehead atoms. The summed E-state index contributed by atoms with van der Waals surface area (Å²) < 4.78 is 24.7. The summed E-state index contributed by atoms with van der Waals surface area (Å²) >= 11 is 0. The van der Waals surface area contributed by atoms with E-state index in [0.717, 1.165) is 45.3 Å². The van der Waals surface area contributed by atoms with Crippen LogP contribution in [0.25, 0.3) is 11.1 Å². The zero-order valence-electron chi connectivity index (χ0n) is 31.5. The largest absolute Gasteiger partial charge is 0.454 e. The van der Waals surface area contributed by atoms with Crippen molar-refractivity contribution in [2.24, 2.45) is 5.92 Å². The molecule has 0 amide bonds. The van der Waals surface area contributed by atoms with Crippen molar-refractivity contribution in [3.05, 3.63) is 168 Å². The summed E-state index contributed by atoms with van der Waals surface area (Å²) in [5, 5.41) is 7.40. The number of halogens is 2. The molecule has 6 aromatic carbocycles. The van der Waals surface area contributed by atoms with E-state index in [1.54, 1.807) is 0 Å². The number of benzene rings is 6. The number of allylic oxidation sites excluding steroid dienone is 2. The predicted octanol–water partition coefficient (Wildman–Crippen LogP) is 9.45. The summed E-state index contributed by atoms with van der Waals surface area (Å²) in [5.41, 5.74) is 10.1. The van der Waals surface area contributed by atoms with Crippen LogP contribution >= 0.6 is 40.7 Å². The molecule has 0 atom stereocenters. The van der Waals surface area contributed by atoms with Crippen LogP contribution in [0.1, 0.15) is 20.8 Å². The Kier molecular flexibility index (Phi) is 15.5. The van der Waals surface area contributed by atoms with E-state index in [-0.39, 0.29) is 57.9 Å². The van der Waals surface area contributed by atoms with E-state index >= 15 is 0 Å². The predicted molar refractivity (Wildman–Crippen MR) is 238 cm³/mol. The van der Waals surface area contributed by atoms with Gasteiger partial charge in [-0.25, -0.2) is 0 Å². The van der Waals surface area contributed by atoms with E-state index < -0.39 is 15.8 Å². The van der Waals surface area contributed by atoms with E-state index in [2.05, 4.69) is 183 Å². The van der Waals surface area contributed by atoms with Crippen LogP contribution < -0.4 is 50.8 Å². The molecular formula is C48H40Cl2O4P2Ru. The number of hydrogen-bond donors (Lipinski definition) is 0. The van der Waals surface area contributed by atoms with Crippen LogP contribution in [0.5, 0.6) is 23.0 Å². The Hall–Kier alpha value is -4.56. The van der Waals surface area contributed by atoms with Crippen LogP contribution in [0.15, 0.2) is 168 Å². The quantitative estimate of drug-likeness (QED) is 0.0661. The molecule has 4 nitrogen and oxygen atoms in total. The molecule has 2 aliphatic heterocycles. The molecule has 3 aliphatic rings. The van der Waals surface area contributed by atoms with Crippen LogP contribution in [-0.2, 0) is 19.5 Å². The maximum absolute atomic E-state index is 6.35. The maximum Gasteiger partial charge on any atom is 0.231 e. The Balaban J connectivity index is 0.000000420. The molecule has 288 valence electrons. The minimum absolute atomic E-state index is 0. The summed E-state index contributed by atoms with van der Waals surface area (Å²) in [4.78, 5) is 0. The van der Waals surface area contributed by atoms with Crippen LogP contribution in [0.2, 0.25) is 0 Å². The third kappa shape index (κ3) is 9.44. The Morgan fingerprint density at radius 3 is 1.16 bits per heavy atom. The first-order valence-electron chi connectivity index (χ1n) is 18.0. The standard InChI is InChI=1S/C38H28O4P2.C10H10.2ClH.Ru/c1-5-13-27(14-6-1)43(28-15-7-2-8-16-28)33-23-21-31-37(41-25-39-31)35(33)36-34(24-22-32-38(36)42-26-40-32)44(29-17-9-3-10-18-29)30-19-11-4-12-20-30;1-8(2)10-6-4-9(3)5-7-10;;;/h1-24H,25-26H2;8H,1-3H3;2*1H;. The third-order valence-corrected chi connectivity index (χ3v) is 14.1. The Morgan fingerprint density at radius 1 is 0.474 bits per heavy atom. The molecule has 1 aliphatic carbocycles. The molecule has 0 spiro atoms. The van der Waals surface area contributed by atoms with Gasteiger partial charge in [0.05, 0.1) is 5.57 Å². The van der Waals surface area contributed by atoms with Crippen LogP contribution in [0, 0.1) is 17.8 Å². The number of ether oxygens (including phenoxy) is 4. The van der Waals surface area contributed by atoms with E-state index in [0.29, 0.717) is 5.92 Å².